The van der Waals surface area contributed by atoms with Crippen LogP contribution in [0.1, 0.15) is 27.5 Å². The fourth-order valence-electron chi connectivity index (χ4n) is 3.68. The third kappa shape index (κ3) is 4.46. The third-order valence-electron chi connectivity index (χ3n) is 5.30. The van der Waals surface area contributed by atoms with Gasteiger partial charge in [-0.15, -0.1) is 10.1 Å². The molecule has 2 atom stereocenters. The number of hydrazone groups is 1. The quantitative estimate of drug-likeness (QED) is 0.590. The molecular weight excluding hydrogens is 406 g/mol. The maximum absolute atomic E-state index is 12.9. The number of methoxy groups -OCH3 is 2. The second-order valence-corrected chi connectivity index (χ2v) is 7.32. The molecule has 1 fully saturated rings. The first-order valence-corrected chi connectivity index (χ1v) is 10.2. The van der Waals surface area contributed by atoms with Gasteiger partial charge in [-0.25, -0.2) is 0 Å². The summed E-state index contributed by atoms with van der Waals surface area (Å²) in [6, 6.07) is 22.5. The van der Waals surface area contributed by atoms with Crippen LogP contribution in [0.25, 0.3) is 0 Å². The van der Waals surface area contributed by atoms with Crippen molar-refractivity contribution in [3.05, 3.63) is 95.6 Å². The molecule has 3 aromatic carbocycles. The van der Waals surface area contributed by atoms with Crippen molar-refractivity contribution in [2.45, 2.75) is 12.1 Å². The molecule has 1 aliphatic rings. The number of carbonyl (C=O) groups is 2. The lowest BCUT2D eigenvalue weighted by atomic mass is 9.99. The predicted molar refractivity (Wildman–Crippen MR) is 120 cm³/mol. The van der Waals surface area contributed by atoms with Gasteiger partial charge in [0.25, 0.3) is 5.91 Å². The zero-order valence-electron chi connectivity index (χ0n) is 17.8. The number of hydrogen-bond donors (Lipinski definition) is 2. The van der Waals surface area contributed by atoms with Gasteiger partial charge in [-0.3, -0.25) is 9.59 Å². The lowest BCUT2D eigenvalue weighted by Gasteiger charge is -2.15. The van der Waals surface area contributed by atoms with Crippen molar-refractivity contribution >= 4 is 18.0 Å². The summed E-state index contributed by atoms with van der Waals surface area (Å²) >= 11 is 0. The molecule has 1 heterocycles. The van der Waals surface area contributed by atoms with Crippen LogP contribution in [-0.2, 0) is 4.79 Å². The summed E-state index contributed by atoms with van der Waals surface area (Å²) in [5.74, 6) is 0.806. The van der Waals surface area contributed by atoms with E-state index < -0.39 is 12.1 Å². The summed E-state index contributed by atoms with van der Waals surface area (Å²) in [5.41, 5.74) is 5.06. The minimum Gasteiger partial charge on any atom is -0.497 e. The molecule has 2 amide bonds. The molecule has 1 saturated heterocycles. The standard InChI is InChI=1S/C25H23N3O4/c1-31-20-13-11-18(12-14-20)23-22(26-24(29)19-8-4-3-5-9-19)25(30)27-28(23)16-17-7-6-10-21(15-17)32-2/h3-16,22-23H,1-2H3,(H-,26,27,29,30)/p+1/b28-16-/t22-,23-/m0/s1. The fourth-order valence-corrected chi connectivity index (χ4v) is 3.68. The van der Waals surface area contributed by atoms with Crippen LogP contribution in [-0.4, -0.2) is 43.0 Å². The average Bonchev–Trinajstić information content (AvgIpc) is 3.13. The van der Waals surface area contributed by atoms with E-state index in [1.165, 1.54) is 0 Å². The van der Waals surface area contributed by atoms with Gasteiger partial charge in [0.05, 0.1) is 14.2 Å². The van der Waals surface area contributed by atoms with Crippen LogP contribution in [0.15, 0.2) is 78.9 Å². The summed E-state index contributed by atoms with van der Waals surface area (Å²) < 4.78 is 12.3. The SMILES string of the molecule is COc1ccc([C@H]2[C@H](NC(=O)c3ccccc3)C(=O)N/[N+]2=C\c2cccc(OC)c2)cc1. The van der Waals surface area contributed by atoms with Crippen LogP contribution in [0, 0.1) is 0 Å². The van der Waals surface area contributed by atoms with E-state index in [4.69, 9.17) is 9.47 Å². The number of ether oxygens (including phenoxy) is 2. The summed E-state index contributed by atoms with van der Waals surface area (Å²) in [4.78, 5) is 25.8. The van der Waals surface area contributed by atoms with Gasteiger partial charge in [-0.2, -0.15) is 0 Å². The highest BCUT2D eigenvalue weighted by Crippen LogP contribution is 2.27. The number of nitrogens with zero attached hydrogens (tertiary/aromatic N) is 1. The monoisotopic (exact) mass is 430 g/mol. The summed E-state index contributed by atoms with van der Waals surface area (Å²) in [5, 5.41) is 2.89. The highest BCUT2D eigenvalue weighted by atomic mass is 16.5. The molecule has 0 radical (unpaired) electrons. The van der Waals surface area contributed by atoms with Crippen molar-refractivity contribution in [2.75, 3.05) is 14.2 Å². The van der Waals surface area contributed by atoms with Crippen molar-refractivity contribution in [3.63, 3.8) is 0 Å². The summed E-state index contributed by atoms with van der Waals surface area (Å²) in [6.45, 7) is 0. The number of nitrogens with one attached hydrogen (secondary N) is 2. The first-order chi connectivity index (χ1) is 15.6. The van der Waals surface area contributed by atoms with Crippen LogP contribution >= 0.6 is 0 Å². The van der Waals surface area contributed by atoms with E-state index in [-0.39, 0.29) is 11.8 Å². The van der Waals surface area contributed by atoms with E-state index in [0.29, 0.717) is 17.1 Å². The molecule has 0 spiro atoms. The number of amides is 2. The molecule has 0 aliphatic carbocycles. The molecule has 32 heavy (non-hydrogen) atoms. The first kappa shape index (κ1) is 21.1. The molecule has 0 bridgehead atoms. The molecule has 0 aromatic heterocycles. The Bertz CT molecular complexity index is 1140. The lowest BCUT2D eigenvalue weighted by molar-refractivity contribution is -0.596. The maximum atomic E-state index is 12.9. The Balaban J connectivity index is 1.71. The van der Waals surface area contributed by atoms with E-state index >= 15 is 0 Å². The molecule has 3 aromatic rings. The summed E-state index contributed by atoms with van der Waals surface area (Å²) in [7, 11) is 3.20. The molecule has 1 aliphatic heterocycles. The zero-order valence-corrected chi connectivity index (χ0v) is 17.8. The topological polar surface area (TPSA) is 79.7 Å². The van der Waals surface area contributed by atoms with Crippen LogP contribution in [0.5, 0.6) is 11.5 Å². The second-order valence-electron chi connectivity index (χ2n) is 7.32. The van der Waals surface area contributed by atoms with Gasteiger partial charge >= 0.3 is 5.91 Å². The second kappa shape index (κ2) is 9.34. The van der Waals surface area contributed by atoms with E-state index in [0.717, 1.165) is 11.1 Å². The van der Waals surface area contributed by atoms with Gasteiger partial charge in [-0.1, -0.05) is 24.3 Å². The highest BCUT2D eigenvalue weighted by Gasteiger charge is 2.47. The Morgan fingerprint density at radius 1 is 0.938 bits per heavy atom. The van der Waals surface area contributed by atoms with Gasteiger partial charge in [0, 0.05) is 16.7 Å². The first-order valence-electron chi connectivity index (χ1n) is 10.2. The van der Waals surface area contributed by atoms with Crippen molar-refractivity contribution in [3.8, 4) is 11.5 Å². The zero-order chi connectivity index (χ0) is 22.5. The van der Waals surface area contributed by atoms with Crippen molar-refractivity contribution < 1.29 is 23.7 Å². The summed E-state index contributed by atoms with van der Waals surface area (Å²) in [6.07, 6.45) is 1.82. The fraction of sp³-hybridized carbons (Fsp3) is 0.160. The van der Waals surface area contributed by atoms with E-state index in [2.05, 4.69) is 10.7 Å². The maximum Gasteiger partial charge on any atom is 0.304 e. The van der Waals surface area contributed by atoms with Gasteiger partial charge in [0.1, 0.15) is 11.5 Å². The smallest absolute Gasteiger partial charge is 0.304 e. The Labute approximate surface area is 186 Å². The minimum absolute atomic E-state index is 0.297. The third-order valence-corrected chi connectivity index (χ3v) is 5.30. The molecule has 0 saturated carbocycles. The predicted octanol–water partition coefficient (Wildman–Crippen LogP) is 2.72. The Morgan fingerprint density at radius 2 is 1.66 bits per heavy atom. The number of carbonyl (C=O) groups excluding carboxylic acids is 2. The Morgan fingerprint density at radius 3 is 2.34 bits per heavy atom. The van der Waals surface area contributed by atoms with E-state index in [1.54, 1.807) is 43.2 Å². The van der Waals surface area contributed by atoms with Crippen LogP contribution < -0.4 is 20.2 Å². The van der Waals surface area contributed by atoms with E-state index in [9.17, 15) is 9.59 Å². The van der Waals surface area contributed by atoms with Crippen LogP contribution in [0.3, 0.4) is 0 Å². The van der Waals surface area contributed by atoms with Gasteiger partial charge in [0.2, 0.25) is 12.3 Å². The van der Waals surface area contributed by atoms with Gasteiger partial charge in [-0.05, 0) is 54.6 Å². The average molecular weight is 430 g/mol. The van der Waals surface area contributed by atoms with Crippen LogP contribution in [0.2, 0.25) is 0 Å². The molecule has 7 nitrogen and oxygen atoms in total. The lowest BCUT2D eigenvalue weighted by Crippen LogP contribution is -2.42. The molecular formula is C25H24N3O4+. The normalized spacial score (nSPS) is 18.8. The largest absolute Gasteiger partial charge is 0.497 e. The Kier molecular flexibility index (Phi) is 6.17. The number of benzene rings is 3. The Hall–Kier alpha value is -4.13. The minimum atomic E-state index is -0.794. The molecule has 4 rings (SSSR count). The van der Waals surface area contributed by atoms with E-state index in [1.807, 2.05) is 60.8 Å². The highest BCUT2D eigenvalue weighted by molar-refractivity contribution is 5.98. The number of hydrazine groups is 1. The van der Waals surface area contributed by atoms with Crippen molar-refractivity contribution in [2.24, 2.45) is 0 Å². The van der Waals surface area contributed by atoms with Crippen molar-refractivity contribution in [1.29, 1.82) is 0 Å². The molecule has 0 unspecified atom stereocenters. The van der Waals surface area contributed by atoms with Gasteiger partial charge < -0.3 is 14.8 Å². The number of rotatable bonds is 6. The molecule has 7 heteroatoms. The molecule has 2 N–H and O–H groups in total. The number of hydrogen-bond acceptors (Lipinski definition) is 4. The molecule has 162 valence electrons. The van der Waals surface area contributed by atoms with Crippen molar-refractivity contribution in [1.82, 2.24) is 10.7 Å². The van der Waals surface area contributed by atoms with Gasteiger partial charge in [0.15, 0.2) is 6.04 Å². The van der Waals surface area contributed by atoms with Crippen LogP contribution in [0.4, 0.5) is 0 Å².